The van der Waals surface area contributed by atoms with Crippen molar-refractivity contribution < 1.29 is 9.53 Å². The number of aryl methyl sites for hydroxylation is 1. The lowest BCUT2D eigenvalue weighted by Crippen LogP contribution is -2.22. The van der Waals surface area contributed by atoms with Crippen LogP contribution in [0.2, 0.25) is 0 Å². The molecular weight excluding hydrogens is 318 g/mol. The molecule has 3 nitrogen and oxygen atoms in total. The maximum atomic E-state index is 12.0. The molecule has 0 aliphatic carbocycles. The van der Waals surface area contributed by atoms with E-state index in [4.69, 9.17) is 4.74 Å². The molecule has 1 N–H and O–H groups in total. The molecule has 0 fully saturated rings. The summed E-state index contributed by atoms with van der Waals surface area (Å²) >= 11 is 3.49. The van der Waals surface area contributed by atoms with E-state index < -0.39 is 6.04 Å². The lowest BCUT2D eigenvalue weighted by Gasteiger charge is -2.18. The Balaban J connectivity index is 2.32. The molecule has 2 aromatic carbocycles. The fourth-order valence-electron chi connectivity index (χ4n) is 1.89. The zero-order valence-electron chi connectivity index (χ0n) is 11.4. The van der Waals surface area contributed by atoms with Gasteiger partial charge in [-0.2, -0.15) is 0 Å². The number of anilines is 1. The number of nitrogens with one attached hydrogen (secondary N) is 1. The second kappa shape index (κ2) is 6.57. The number of methoxy groups -OCH3 is 1. The number of benzene rings is 2. The van der Waals surface area contributed by atoms with Crippen LogP contribution in [0.25, 0.3) is 0 Å². The second-order valence-electron chi connectivity index (χ2n) is 4.48. The number of hydrogen-bond acceptors (Lipinski definition) is 3. The van der Waals surface area contributed by atoms with Crippen molar-refractivity contribution in [3.05, 3.63) is 64.1 Å². The van der Waals surface area contributed by atoms with E-state index in [1.807, 2.05) is 55.5 Å². The summed E-state index contributed by atoms with van der Waals surface area (Å²) in [7, 11) is 1.39. The Morgan fingerprint density at radius 3 is 2.50 bits per heavy atom. The van der Waals surface area contributed by atoms with E-state index >= 15 is 0 Å². The summed E-state index contributed by atoms with van der Waals surface area (Å²) in [6, 6.07) is 14.9. The molecule has 4 heteroatoms. The van der Waals surface area contributed by atoms with Crippen molar-refractivity contribution in [2.75, 3.05) is 12.4 Å². The third-order valence-corrected chi connectivity index (χ3v) is 3.91. The first-order valence-corrected chi connectivity index (χ1v) is 7.06. The van der Waals surface area contributed by atoms with Gasteiger partial charge in [-0.25, -0.2) is 4.79 Å². The topological polar surface area (TPSA) is 38.3 Å². The van der Waals surface area contributed by atoms with Gasteiger partial charge in [0.25, 0.3) is 0 Å². The molecule has 0 aliphatic rings. The molecule has 0 aliphatic heterocycles. The number of rotatable bonds is 4. The number of halogens is 1. The molecule has 0 bridgehead atoms. The zero-order chi connectivity index (χ0) is 14.5. The van der Waals surface area contributed by atoms with E-state index in [2.05, 4.69) is 21.2 Å². The van der Waals surface area contributed by atoms with Gasteiger partial charge in [-0.05, 0) is 36.2 Å². The number of para-hydroxylation sites is 1. The van der Waals surface area contributed by atoms with Crippen LogP contribution < -0.4 is 5.32 Å². The molecule has 0 amide bonds. The highest BCUT2D eigenvalue weighted by Crippen LogP contribution is 2.25. The highest BCUT2D eigenvalue weighted by Gasteiger charge is 2.21. The molecule has 1 atom stereocenters. The summed E-state index contributed by atoms with van der Waals surface area (Å²) in [4.78, 5) is 12.0. The maximum Gasteiger partial charge on any atom is 0.332 e. The van der Waals surface area contributed by atoms with Gasteiger partial charge in [0.05, 0.1) is 7.11 Å². The lowest BCUT2D eigenvalue weighted by molar-refractivity contribution is -0.141. The summed E-state index contributed by atoms with van der Waals surface area (Å²) in [5, 5.41) is 3.20. The van der Waals surface area contributed by atoms with Crippen LogP contribution in [-0.4, -0.2) is 13.1 Å². The molecule has 20 heavy (non-hydrogen) atoms. The van der Waals surface area contributed by atoms with Gasteiger partial charge in [0.15, 0.2) is 6.04 Å². The molecular formula is C16H16BrNO2. The van der Waals surface area contributed by atoms with Crippen molar-refractivity contribution in [1.82, 2.24) is 0 Å². The van der Waals surface area contributed by atoms with Crippen LogP contribution in [0.4, 0.5) is 5.69 Å². The number of ether oxygens (including phenoxy) is 1. The standard InChI is InChI=1S/C16H16BrNO2/c1-11-8-9-12(10-14(11)17)15(16(19)20-2)18-13-6-4-3-5-7-13/h3-10,15,18H,1-2H3. The Morgan fingerprint density at radius 1 is 1.20 bits per heavy atom. The fraction of sp³-hybridized carbons (Fsp3) is 0.188. The third-order valence-electron chi connectivity index (χ3n) is 3.05. The largest absolute Gasteiger partial charge is 0.467 e. The minimum Gasteiger partial charge on any atom is -0.467 e. The van der Waals surface area contributed by atoms with Crippen LogP contribution >= 0.6 is 15.9 Å². The van der Waals surface area contributed by atoms with E-state index in [-0.39, 0.29) is 5.97 Å². The van der Waals surface area contributed by atoms with E-state index in [0.717, 1.165) is 21.3 Å². The van der Waals surface area contributed by atoms with Crippen molar-refractivity contribution in [2.45, 2.75) is 13.0 Å². The number of esters is 1. The van der Waals surface area contributed by atoms with Crippen LogP contribution in [0.5, 0.6) is 0 Å². The fourth-order valence-corrected chi connectivity index (χ4v) is 2.28. The Bertz CT molecular complexity index is 599. The Morgan fingerprint density at radius 2 is 1.90 bits per heavy atom. The smallest absolute Gasteiger partial charge is 0.332 e. The van der Waals surface area contributed by atoms with Crippen LogP contribution in [-0.2, 0) is 9.53 Å². The predicted octanol–water partition coefficient (Wildman–Crippen LogP) is 4.08. The average molecular weight is 334 g/mol. The third kappa shape index (κ3) is 3.39. The van der Waals surface area contributed by atoms with Crippen molar-refractivity contribution in [3.8, 4) is 0 Å². The first kappa shape index (κ1) is 14.6. The van der Waals surface area contributed by atoms with E-state index in [9.17, 15) is 4.79 Å². The first-order valence-electron chi connectivity index (χ1n) is 6.27. The minimum absolute atomic E-state index is 0.315. The number of hydrogen-bond donors (Lipinski definition) is 1. The van der Waals surface area contributed by atoms with Crippen molar-refractivity contribution >= 4 is 27.6 Å². The molecule has 104 valence electrons. The van der Waals surface area contributed by atoms with Crippen LogP contribution in [0, 0.1) is 6.92 Å². The highest BCUT2D eigenvalue weighted by atomic mass is 79.9. The highest BCUT2D eigenvalue weighted by molar-refractivity contribution is 9.10. The summed E-state index contributed by atoms with van der Waals surface area (Å²) < 4.78 is 5.86. The first-order chi connectivity index (χ1) is 9.61. The molecule has 0 radical (unpaired) electrons. The van der Waals surface area contributed by atoms with Gasteiger partial charge in [0, 0.05) is 10.2 Å². The summed E-state index contributed by atoms with van der Waals surface area (Å²) in [6.07, 6.45) is 0. The van der Waals surface area contributed by atoms with Gasteiger partial charge in [-0.15, -0.1) is 0 Å². The Labute approximate surface area is 127 Å². The predicted molar refractivity (Wildman–Crippen MR) is 83.7 cm³/mol. The lowest BCUT2D eigenvalue weighted by atomic mass is 10.0. The van der Waals surface area contributed by atoms with Crippen LogP contribution in [0.1, 0.15) is 17.2 Å². The average Bonchev–Trinajstić information content (AvgIpc) is 2.48. The van der Waals surface area contributed by atoms with Gasteiger partial charge in [0.1, 0.15) is 0 Å². The molecule has 0 saturated carbocycles. The SMILES string of the molecule is COC(=O)C(Nc1ccccc1)c1ccc(C)c(Br)c1. The van der Waals surface area contributed by atoms with E-state index in [0.29, 0.717) is 0 Å². The molecule has 0 spiro atoms. The number of carbonyl (C=O) groups is 1. The van der Waals surface area contributed by atoms with Gasteiger partial charge < -0.3 is 10.1 Å². The monoisotopic (exact) mass is 333 g/mol. The summed E-state index contributed by atoms with van der Waals surface area (Å²) in [6.45, 7) is 2.01. The van der Waals surface area contributed by atoms with Gasteiger partial charge in [0.2, 0.25) is 0 Å². The zero-order valence-corrected chi connectivity index (χ0v) is 13.0. The van der Waals surface area contributed by atoms with Crippen molar-refractivity contribution in [1.29, 1.82) is 0 Å². The van der Waals surface area contributed by atoms with Crippen molar-refractivity contribution in [3.63, 3.8) is 0 Å². The second-order valence-corrected chi connectivity index (χ2v) is 5.33. The van der Waals surface area contributed by atoms with E-state index in [1.54, 1.807) is 0 Å². The van der Waals surface area contributed by atoms with Gasteiger partial charge in [-0.3, -0.25) is 0 Å². The normalized spacial score (nSPS) is 11.8. The molecule has 0 heterocycles. The summed E-state index contributed by atoms with van der Waals surface area (Å²) in [5.41, 5.74) is 2.86. The van der Waals surface area contributed by atoms with Gasteiger partial charge in [-0.1, -0.05) is 46.3 Å². The Kier molecular flexibility index (Phi) is 4.79. The van der Waals surface area contributed by atoms with Gasteiger partial charge >= 0.3 is 5.97 Å². The van der Waals surface area contributed by atoms with Crippen LogP contribution in [0.15, 0.2) is 53.0 Å². The molecule has 1 unspecified atom stereocenters. The number of carbonyl (C=O) groups excluding carboxylic acids is 1. The maximum absolute atomic E-state index is 12.0. The quantitative estimate of drug-likeness (QED) is 0.856. The molecule has 2 aromatic rings. The molecule has 0 saturated heterocycles. The molecule has 2 rings (SSSR count). The van der Waals surface area contributed by atoms with Crippen LogP contribution in [0.3, 0.4) is 0 Å². The summed E-state index contributed by atoms with van der Waals surface area (Å²) in [5.74, 6) is -0.315. The Hall–Kier alpha value is -1.81. The molecule has 0 aromatic heterocycles. The van der Waals surface area contributed by atoms with E-state index in [1.165, 1.54) is 7.11 Å². The van der Waals surface area contributed by atoms with Crippen molar-refractivity contribution in [2.24, 2.45) is 0 Å². The minimum atomic E-state index is -0.528.